The van der Waals surface area contributed by atoms with Crippen LogP contribution in [0.4, 0.5) is 5.95 Å². The quantitative estimate of drug-likeness (QED) is 0.826. The number of nitrogens with one attached hydrogen (secondary N) is 2. The van der Waals surface area contributed by atoms with Crippen LogP contribution < -0.4 is 10.6 Å². The van der Waals surface area contributed by atoms with Gasteiger partial charge in [0.05, 0.1) is 31.0 Å². The van der Waals surface area contributed by atoms with Gasteiger partial charge in [0.1, 0.15) is 12.2 Å². The van der Waals surface area contributed by atoms with Gasteiger partial charge in [-0.3, -0.25) is 0 Å². The highest BCUT2D eigenvalue weighted by Crippen LogP contribution is 2.30. The van der Waals surface area contributed by atoms with Crippen LogP contribution in [0.2, 0.25) is 0 Å². The Hall–Kier alpha value is -1.24. The van der Waals surface area contributed by atoms with Crippen molar-refractivity contribution in [2.75, 3.05) is 25.1 Å². The van der Waals surface area contributed by atoms with Crippen LogP contribution >= 0.6 is 0 Å². The molecule has 2 saturated heterocycles. The van der Waals surface area contributed by atoms with E-state index in [1.54, 1.807) is 0 Å². The Morgan fingerprint density at radius 1 is 1.04 bits per heavy atom. The van der Waals surface area contributed by atoms with Gasteiger partial charge < -0.3 is 20.1 Å². The molecule has 1 aromatic heterocycles. The molecule has 150 valence electrons. The fourth-order valence-electron chi connectivity index (χ4n) is 4.52. The molecule has 4 atom stereocenters. The topological polar surface area (TPSA) is 68.3 Å². The zero-order valence-corrected chi connectivity index (χ0v) is 16.9. The molecule has 2 N–H and O–H groups in total. The smallest absolute Gasteiger partial charge is 0.223 e. The van der Waals surface area contributed by atoms with Crippen LogP contribution in [-0.4, -0.2) is 54.0 Å². The van der Waals surface area contributed by atoms with E-state index in [0.717, 1.165) is 24.8 Å². The number of ether oxygens (including phenoxy) is 2. The summed E-state index contributed by atoms with van der Waals surface area (Å²) in [6.45, 7) is 8.95. The lowest BCUT2D eigenvalue weighted by molar-refractivity contribution is 0.0671. The van der Waals surface area contributed by atoms with Gasteiger partial charge >= 0.3 is 0 Å². The second-order valence-corrected chi connectivity index (χ2v) is 9.38. The SMILES string of the molecule is CC(C)(C)c1ccnc(NC2COC3C(NCC4CCCCC4)COC23)n1. The minimum Gasteiger partial charge on any atom is -0.371 e. The first-order valence-electron chi connectivity index (χ1n) is 10.6. The van der Waals surface area contributed by atoms with Gasteiger partial charge in [-0.25, -0.2) is 9.97 Å². The lowest BCUT2D eigenvalue weighted by atomic mass is 9.89. The van der Waals surface area contributed by atoms with Gasteiger partial charge in [0.2, 0.25) is 5.95 Å². The second kappa shape index (κ2) is 8.02. The molecule has 0 aromatic carbocycles. The van der Waals surface area contributed by atoms with Crippen LogP contribution in [0.5, 0.6) is 0 Å². The van der Waals surface area contributed by atoms with Crippen LogP contribution in [0.3, 0.4) is 0 Å². The summed E-state index contributed by atoms with van der Waals surface area (Å²) in [4.78, 5) is 9.09. The van der Waals surface area contributed by atoms with E-state index in [4.69, 9.17) is 9.47 Å². The maximum Gasteiger partial charge on any atom is 0.223 e. The van der Waals surface area contributed by atoms with E-state index in [9.17, 15) is 0 Å². The van der Waals surface area contributed by atoms with Gasteiger partial charge in [-0.15, -0.1) is 0 Å². The summed E-state index contributed by atoms with van der Waals surface area (Å²) in [7, 11) is 0. The average molecular weight is 375 g/mol. The summed E-state index contributed by atoms with van der Waals surface area (Å²) in [5, 5.41) is 7.18. The highest BCUT2D eigenvalue weighted by molar-refractivity contribution is 5.30. The van der Waals surface area contributed by atoms with Crippen molar-refractivity contribution in [3.05, 3.63) is 18.0 Å². The molecule has 3 heterocycles. The van der Waals surface area contributed by atoms with E-state index in [-0.39, 0.29) is 23.7 Å². The number of nitrogens with zero attached hydrogens (tertiary/aromatic N) is 2. The van der Waals surface area contributed by atoms with Gasteiger partial charge in [0, 0.05) is 11.6 Å². The fourth-order valence-corrected chi connectivity index (χ4v) is 4.52. The molecule has 1 aromatic rings. The van der Waals surface area contributed by atoms with E-state index in [2.05, 4.69) is 41.4 Å². The third kappa shape index (κ3) is 4.44. The van der Waals surface area contributed by atoms with Crippen molar-refractivity contribution in [3.8, 4) is 0 Å². The molecule has 1 aliphatic carbocycles. The van der Waals surface area contributed by atoms with Crippen molar-refractivity contribution in [2.24, 2.45) is 5.92 Å². The summed E-state index contributed by atoms with van der Waals surface area (Å²) in [5.74, 6) is 1.49. The Kier molecular flexibility index (Phi) is 5.67. The highest BCUT2D eigenvalue weighted by atomic mass is 16.6. The maximum absolute atomic E-state index is 6.11. The van der Waals surface area contributed by atoms with E-state index < -0.39 is 0 Å². The van der Waals surface area contributed by atoms with Gasteiger partial charge in [0.25, 0.3) is 0 Å². The molecular weight excluding hydrogens is 340 g/mol. The molecule has 1 saturated carbocycles. The number of rotatable bonds is 5. The average Bonchev–Trinajstić information content (AvgIpc) is 3.24. The monoisotopic (exact) mass is 374 g/mol. The number of fused-ring (bicyclic) bond motifs is 1. The molecule has 4 unspecified atom stereocenters. The van der Waals surface area contributed by atoms with Gasteiger partial charge in [-0.2, -0.15) is 0 Å². The summed E-state index contributed by atoms with van der Waals surface area (Å²) in [6.07, 6.45) is 8.91. The Bertz CT molecular complexity index is 627. The van der Waals surface area contributed by atoms with Gasteiger partial charge in [-0.1, -0.05) is 40.0 Å². The Morgan fingerprint density at radius 3 is 2.48 bits per heavy atom. The van der Waals surface area contributed by atoms with Crippen LogP contribution in [0.1, 0.15) is 58.6 Å². The van der Waals surface area contributed by atoms with Crippen LogP contribution in [0, 0.1) is 5.92 Å². The molecule has 4 rings (SSSR count). The number of aromatic nitrogens is 2. The lowest BCUT2D eigenvalue weighted by Crippen LogP contribution is -2.44. The number of hydrogen-bond donors (Lipinski definition) is 2. The van der Waals surface area contributed by atoms with Crippen LogP contribution in [0.25, 0.3) is 0 Å². The number of anilines is 1. The molecule has 0 spiro atoms. The zero-order chi connectivity index (χ0) is 18.9. The molecule has 0 radical (unpaired) electrons. The highest BCUT2D eigenvalue weighted by Gasteiger charge is 2.47. The molecule has 6 nitrogen and oxygen atoms in total. The molecule has 27 heavy (non-hydrogen) atoms. The minimum absolute atomic E-state index is 0.00603. The molecule has 6 heteroatoms. The predicted molar refractivity (Wildman–Crippen MR) is 106 cm³/mol. The van der Waals surface area contributed by atoms with Crippen molar-refractivity contribution in [3.63, 3.8) is 0 Å². The van der Waals surface area contributed by atoms with E-state index in [1.807, 2.05) is 12.3 Å². The summed E-state index contributed by atoms with van der Waals surface area (Å²) >= 11 is 0. The first-order chi connectivity index (χ1) is 13.0. The van der Waals surface area contributed by atoms with E-state index in [1.165, 1.54) is 32.1 Å². The summed E-state index contributed by atoms with van der Waals surface area (Å²) in [6, 6.07) is 2.38. The first kappa shape index (κ1) is 19.1. The molecule has 0 bridgehead atoms. The third-order valence-corrected chi connectivity index (χ3v) is 6.19. The van der Waals surface area contributed by atoms with Crippen molar-refractivity contribution >= 4 is 5.95 Å². The second-order valence-electron chi connectivity index (χ2n) is 9.38. The predicted octanol–water partition coefficient (Wildman–Crippen LogP) is 2.89. The van der Waals surface area contributed by atoms with Gasteiger partial charge in [-0.05, 0) is 31.4 Å². The van der Waals surface area contributed by atoms with Gasteiger partial charge in [0.15, 0.2) is 0 Å². The summed E-state index contributed by atoms with van der Waals surface area (Å²) < 4.78 is 12.2. The molecule has 2 aliphatic heterocycles. The van der Waals surface area contributed by atoms with Crippen LogP contribution in [0.15, 0.2) is 12.3 Å². The number of hydrogen-bond acceptors (Lipinski definition) is 6. The Morgan fingerprint density at radius 2 is 1.74 bits per heavy atom. The molecule has 0 amide bonds. The largest absolute Gasteiger partial charge is 0.371 e. The third-order valence-electron chi connectivity index (χ3n) is 6.19. The Labute approximate surface area is 162 Å². The van der Waals surface area contributed by atoms with Crippen molar-refractivity contribution < 1.29 is 9.47 Å². The fraction of sp³-hybridized carbons (Fsp3) is 0.810. The standard InChI is InChI=1S/C21H34N4O2/c1-21(2,3)17-9-10-22-20(25-17)24-16-13-27-18-15(12-26-19(16)18)23-11-14-7-5-4-6-8-14/h9-10,14-16,18-19,23H,4-8,11-13H2,1-3H3,(H,22,24,25). The molecule has 3 fully saturated rings. The van der Waals surface area contributed by atoms with Crippen LogP contribution in [-0.2, 0) is 14.9 Å². The van der Waals surface area contributed by atoms with E-state index in [0.29, 0.717) is 18.6 Å². The molecular formula is C21H34N4O2. The van der Waals surface area contributed by atoms with E-state index >= 15 is 0 Å². The summed E-state index contributed by atoms with van der Waals surface area (Å²) in [5.41, 5.74) is 1.04. The van der Waals surface area contributed by atoms with Crippen molar-refractivity contribution in [2.45, 2.75) is 82.6 Å². The lowest BCUT2D eigenvalue weighted by Gasteiger charge is -2.25. The minimum atomic E-state index is 0.00603. The molecule has 3 aliphatic rings. The maximum atomic E-state index is 6.11. The van der Waals surface area contributed by atoms with Crippen molar-refractivity contribution in [1.82, 2.24) is 15.3 Å². The van der Waals surface area contributed by atoms with Crippen molar-refractivity contribution in [1.29, 1.82) is 0 Å². The normalized spacial score (nSPS) is 31.8. The first-order valence-corrected chi connectivity index (χ1v) is 10.6. The Balaban J connectivity index is 1.32. The zero-order valence-electron chi connectivity index (χ0n) is 16.9.